The predicted octanol–water partition coefficient (Wildman–Crippen LogP) is 4.90. The topological polar surface area (TPSA) is 78.2 Å². The van der Waals surface area contributed by atoms with Gasteiger partial charge < -0.3 is 10.2 Å². The first kappa shape index (κ1) is 18.2. The number of nitrogens with zero attached hydrogens (tertiary/aromatic N) is 1. The number of rotatable bonds is 3. The molecule has 2 aromatic carbocycles. The lowest BCUT2D eigenvalue weighted by atomic mass is 10.1. The Kier molecular flexibility index (Phi) is 4.39. The Hall–Kier alpha value is -3.19. The molecule has 0 radical (unpaired) electrons. The molecule has 0 aliphatic carbocycles. The number of fused-ring (bicyclic) bond motifs is 1. The van der Waals surface area contributed by atoms with Gasteiger partial charge in [0.1, 0.15) is 11.6 Å². The number of benzene rings is 2. The smallest absolute Gasteiger partial charge is 0.298 e. The summed E-state index contributed by atoms with van der Waals surface area (Å²) in [6.45, 7) is 1.65. The lowest BCUT2D eigenvalue weighted by molar-refractivity contribution is 0.0936. The van der Waals surface area contributed by atoms with Gasteiger partial charge in [0.25, 0.3) is 11.8 Å². The molecule has 0 aliphatic rings. The number of halogens is 2. The molecule has 0 fully saturated rings. The fraction of sp³-hybridized carbons (Fsp3) is 0.0476. The van der Waals surface area contributed by atoms with Crippen molar-refractivity contribution < 1.29 is 18.4 Å². The van der Waals surface area contributed by atoms with Crippen LogP contribution in [0.1, 0.15) is 26.6 Å². The highest BCUT2D eigenvalue weighted by Gasteiger charge is 2.24. The minimum absolute atomic E-state index is 0.0252. The van der Waals surface area contributed by atoms with Crippen LogP contribution in [0.5, 0.6) is 0 Å². The number of aromatic nitrogens is 1. The van der Waals surface area contributed by atoms with E-state index in [1.54, 1.807) is 43.3 Å². The van der Waals surface area contributed by atoms with Crippen LogP contribution in [0.4, 0.5) is 4.39 Å². The first-order valence-corrected chi connectivity index (χ1v) is 9.17. The summed E-state index contributed by atoms with van der Waals surface area (Å²) in [6.07, 6.45) is 0. The average Bonchev–Trinajstić information content (AvgIpc) is 3.23. The molecule has 0 spiro atoms. The largest absolute Gasteiger partial charge is 0.451 e. The Morgan fingerprint density at radius 2 is 1.86 bits per heavy atom. The second-order valence-corrected chi connectivity index (χ2v) is 7.19. The fourth-order valence-electron chi connectivity index (χ4n) is 3.34. The van der Waals surface area contributed by atoms with Crippen molar-refractivity contribution in [3.05, 3.63) is 81.9 Å². The van der Waals surface area contributed by atoms with E-state index in [9.17, 15) is 14.0 Å². The van der Waals surface area contributed by atoms with Gasteiger partial charge in [0.2, 0.25) is 0 Å². The van der Waals surface area contributed by atoms with Crippen molar-refractivity contribution in [3.8, 4) is 11.3 Å². The van der Waals surface area contributed by atoms with E-state index in [-0.39, 0.29) is 22.6 Å². The maximum Gasteiger partial charge on any atom is 0.298 e. The Labute approximate surface area is 167 Å². The lowest BCUT2D eigenvalue weighted by Gasteiger charge is -2.05. The zero-order valence-electron chi connectivity index (χ0n) is 14.7. The van der Waals surface area contributed by atoms with Crippen molar-refractivity contribution in [1.29, 1.82) is 0 Å². The number of furan rings is 1. The van der Waals surface area contributed by atoms with E-state index in [1.807, 2.05) is 0 Å². The van der Waals surface area contributed by atoms with Crippen LogP contribution >= 0.6 is 15.9 Å². The number of para-hydroxylation sites is 1. The fourth-order valence-corrected chi connectivity index (χ4v) is 3.67. The summed E-state index contributed by atoms with van der Waals surface area (Å²) in [6, 6.07) is 14.6. The highest BCUT2D eigenvalue weighted by Crippen LogP contribution is 2.30. The second-order valence-electron chi connectivity index (χ2n) is 6.27. The molecule has 2 aromatic heterocycles. The van der Waals surface area contributed by atoms with Crippen LogP contribution in [0.2, 0.25) is 0 Å². The number of nitrogens with two attached hydrogens (primary N) is 1. The summed E-state index contributed by atoms with van der Waals surface area (Å²) in [4.78, 5) is 25.0. The third kappa shape index (κ3) is 2.84. The minimum atomic E-state index is -0.614. The molecule has 0 aliphatic heterocycles. The van der Waals surface area contributed by atoms with Crippen LogP contribution in [0, 0.1) is 12.7 Å². The second kappa shape index (κ2) is 6.76. The number of primary amides is 1. The van der Waals surface area contributed by atoms with E-state index in [2.05, 4.69) is 15.9 Å². The summed E-state index contributed by atoms with van der Waals surface area (Å²) < 4.78 is 21.8. The van der Waals surface area contributed by atoms with Crippen LogP contribution < -0.4 is 5.73 Å². The average molecular weight is 441 g/mol. The Bertz CT molecular complexity index is 1260. The maximum absolute atomic E-state index is 14.2. The Balaban J connectivity index is 1.83. The number of carbonyl (C=O) groups excluding carboxylic acids is 2. The van der Waals surface area contributed by atoms with Gasteiger partial charge in [-0.25, -0.2) is 4.39 Å². The summed E-state index contributed by atoms with van der Waals surface area (Å²) in [5.74, 6) is -1.29. The minimum Gasteiger partial charge on any atom is -0.451 e. The third-order valence-corrected chi connectivity index (χ3v) is 5.07. The maximum atomic E-state index is 14.2. The molecular formula is C21H14BrFN2O3. The van der Waals surface area contributed by atoms with Gasteiger partial charge in [0, 0.05) is 15.6 Å². The standard InChI is InChI=1S/C21H14BrFN2O3/c1-11-19(20(24)26)14-4-2-3-5-16(14)25(11)21(27)18-9-8-17(28-18)13-7-6-12(22)10-15(13)23/h2-10H,1H3,(H2,24,26). The monoisotopic (exact) mass is 440 g/mol. The van der Waals surface area contributed by atoms with E-state index >= 15 is 0 Å². The SMILES string of the molecule is Cc1c(C(N)=O)c2ccccc2n1C(=O)c1ccc(-c2ccc(Br)cc2F)o1. The highest BCUT2D eigenvalue weighted by molar-refractivity contribution is 9.10. The molecule has 7 heteroatoms. The molecule has 2 N–H and O–H groups in total. The molecule has 4 aromatic rings. The number of amides is 1. The van der Waals surface area contributed by atoms with E-state index in [4.69, 9.17) is 10.2 Å². The molecule has 4 rings (SSSR count). The number of hydrogen-bond donors (Lipinski definition) is 1. The molecule has 2 heterocycles. The van der Waals surface area contributed by atoms with Crippen LogP contribution in [-0.4, -0.2) is 16.4 Å². The van der Waals surface area contributed by atoms with E-state index < -0.39 is 17.6 Å². The van der Waals surface area contributed by atoms with Crippen molar-refractivity contribution in [3.63, 3.8) is 0 Å². The van der Waals surface area contributed by atoms with Crippen LogP contribution in [-0.2, 0) is 0 Å². The third-order valence-electron chi connectivity index (χ3n) is 4.57. The normalized spacial score (nSPS) is 11.1. The van der Waals surface area contributed by atoms with Crippen molar-refractivity contribution in [2.24, 2.45) is 5.73 Å². The molecule has 0 saturated heterocycles. The van der Waals surface area contributed by atoms with Gasteiger partial charge in [0.15, 0.2) is 5.76 Å². The van der Waals surface area contributed by atoms with Gasteiger partial charge in [-0.15, -0.1) is 0 Å². The van der Waals surface area contributed by atoms with Gasteiger partial charge in [-0.05, 0) is 43.3 Å². The van der Waals surface area contributed by atoms with Crippen molar-refractivity contribution in [1.82, 2.24) is 4.57 Å². The van der Waals surface area contributed by atoms with Gasteiger partial charge >= 0.3 is 0 Å². The van der Waals surface area contributed by atoms with Gasteiger partial charge in [0.05, 0.1) is 16.6 Å². The zero-order chi connectivity index (χ0) is 20.0. The van der Waals surface area contributed by atoms with E-state index in [0.29, 0.717) is 21.1 Å². The Morgan fingerprint density at radius 1 is 1.11 bits per heavy atom. The molecule has 140 valence electrons. The lowest BCUT2D eigenvalue weighted by Crippen LogP contribution is -2.16. The Morgan fingerprint density at radius 3 is 2.57 bits per heavy atom. The number of hydrogen-bond acceptors (Lipinski definition) is 3. The molecule has 0 bridgehead atoms. The van der Waals surface area contributed by atoms with Crippen molar-refractivity contribution in [2.45, 2.75) is 6.92 Å². The van der Waals surface area contributed by atoms with Crippen molar-refractivity contribution in [2.75, 3.05) is 0 Å². The molecule has 0 saturated carbocycles. The van der Waals surface area contributed by atoms with Gasteiger partial charge in [-0.2, -0.15) is 0 Å². The molecule has 1 amide bonds. The molecule has 0 atom stereocenters. The molecule has 5 nitrogen and oxygen atoms in total. The summed E-state index contributed by atoms with van der Waals surface area (Å²) in [5.41, 5.74) is 7.01. The summed E-state index contributed by atoms with van der Waals surface area (Å²) in [7, 11) is 0. The van der Waals surface area contributed by atoms with Crippen LogP contribution in [0.15, 0.2) is 63.5 Å². The first-order chi connectivity index (χ1) is 13.4. The van der Waals surface area contributed by atoms with E-state index in [1.165, 1.54) is 22.8 Å². The predicted molar refractivity (Wildman–Crippen MR) is 107 cm³/mol. The van der Waals surface area contributed by atoms with E-state index in [0.717, 1.165) is 0 Å². The highest BCUT2D eigenvalue weighted by atomic mass is 79.9. The number of carbonyl (C=O) groups is 2. The molecule has 0 unspecified atom stereocenters. The quantitative estimate of drug-likeness (QED) is 0.491. The molecular weight excluding hydrogens is 427 g/mol. The first-order valence-electron chi connectivity index (χ1n) is 8.38. The zero-order valence-corrected chi connectivity index (χ0v) is 16.3. The van der Waals surface area contributed by atoms with Crippen LogP contribution in [0.3, 0.4) is 0 Å². The van der Waals surface area contributed by atoms with Crippen molar-refractivity contribution >= 4 is 38.6 Å². The summed E-state index contributed by atoms with van der Waals surface area (Å²) in [5, 5.41) is 0.589. The van der Waals surface area contributed by atoms with Gasteiger partial charge in [-0.1, -0.05) is 34.1 Å². The van der Waals surface area contributed by atoms with Gasteiger partial charge in [-0.3, -0.25) is 14.2 Å². The van der Waals surface area contributed by atoms with Crippen LogP contribution in [0.25, 0.3) is 22.2 Å². The summed E-state index contributed by atoms with van der Waals surface area (Å²) >= 11 is 3.21. The molecule has 28 heavy (non-hydrogen) atoms.